The Morgan fingerprint density at radius 1 is 0.964 bits per heavy atom. The van der Waals surface area contributed by atoms with Gasteiger partial charge in [-0.15, -0.1) is 0 Å². The molecule has 146 valence electrons. The van der Waals surface area contributed by atoms with E-state index in [1.807, 2.05) is 24.3 Å². The standard InChI is InChI=1S/C23H23Cl2NO2/c24-21-8-3-9-22(25)20(21)15-28-23-11-10-16-5-1-2-7-18(16)19(23)14-26-13-17-6-4-12-27-17/h1-3,5,7-11,17,26H,4,6,12-15H2. The highest BCUT2D eigenvalue weighted by atomic mass is 35.5. The lowest BCUT2D eigenvalue weighted by Gasteiger charge is -2.17. The van der Waals surface area contributed by atoms with Gasteiger partial charge in [-0.2, -0.15) is 0 Å². The van der Waals surface area contributed by atoms with Crippen LogP contribution in [0.3, 0.4) is 0 Å². The van der Waals surface area contributed by atoms with Crippen molar-refractivity contribution in [3.8, 4) is 5.75 Å². The van der Waals surface area contributed by atoms with Gasteiger partial charge in [0, 0.05) is 40.9 Å². The number of halogens is 2. The molecule has 1 heterocycles. The van der Waals surface area contributed by atoms with Crippen molar-refractivity contribution < 1.29 is 9.47 Å². The number of fused-ring (bicyclic) bond motifs is 1. The van der Waals surface area contributed by atoms with Gasteiger partial charge < -0.3 is 14.8 Å². The predicted octanol–water partition coefficient (Wildman–Crippen LogP) is 5.99. The fourth-order valence-electron chi connectivity index (χ4n) is 3.62. The van der Waals surface area contributed by atoms with Gasteiger partial charge in [-0.25, -0.2) is 0 Å². The van der Waals surface area contributed by atoms with Gasteiger partial charge in [0.05, 0.1) is 6.10 Å². The molecule has 0 bridgehead atoms. The largest absolute Gasteiger partial charge is 0.488 e. The summed E-state index contributed by atoms with van der Waals surface area (Å²) in [5.74, 6) is 0.842. The van der Waals surface area contributed by atoms with Crippen LogP contribution < -0.4 is 10.1 Å². The minimum absolute atomic E-state index is 0.307. The normalized spacial score (nSPS) is 16.6. The third-order valence-corrected chi connectivity index (χ3v) is 5.84. The molecule has 1 atom stereocenters. The molecule has 0 aromatic heterocycles. The topological polar surface area (TPSA) is 30.5 Å². The zero-order chi connectivity index (χ0) is 19.3. The molecular weight excluding hydrogens is 393 g/mol. The second-order valence-electron chi connectivity index (χ2n) is 7.02. The third kappa shape index (κ3) is 4.44. The van der Waals surface area contributed by atoms with E-state index < -0.39 is 0 Å². The van der Waals surface area contributed by atoms with Crippen molar-refractivity contribution in [2.75, 3.05) is 13.2 Å². The molecule has 1 saturated heterocycles. The highest BCUT2D eigenvalue weighted by Crippen LogP contribution is 2.31. The molecule has 3 aromatic rings. The first kappa shape index (κ1) is 19.5. The molecule has 3 nitrogen and oxygen atoms in total. The van der Waals surface area contributed by atoms with Crippen LogP contribution in [-0.4, -0.2) is 19.3 Å². The monoisotopic (exact) mass is 415 g/mol. The second kappa shape index (κ2) is 9.15. The Hall–Kier alpha value is -1.78. The van der Waals surface area contributed by atoms with Crippen LogP contribution in [-0.2, 0) is 17.9 Å². The van der Waals surface area contributed by atoms with E-state index in [4.69, 9.17) is 32.7 Å². The molecule has 1 aliphatic heterocycles. The summed E-state index contributed by atoms with van der Waals surface area (Å²) in [6.07, 6.45) is 2.58. The number of nitrogens with one attached hydrogen (secondary N) is 1. The fourth-order valence-corrected chi connectivity index (χ4v) is 4.12. The molecule has 0 amide bonds. The molecule has 0 saturated carbocycles. The maximum Gasteiger partial charge on any atom is 0.124 e. The Bertz CT molecular complexity index is 934. The van der Waals surface area contributed by atoms with Gasteiger partial charge in [0.2, 0.25) is 0 Å². The Morgan fingerprint density at radius 3 is 2.57 bits per heavy atom. The first-order valence-corrected chi connectivity index (χ1v) is 10.4. The number of benzene rings is 3. The average molecular weight is 416 g/mol. The highest BCUT2D eigenvalue weighted by molar-refractivity contribution is 6.35. The van der Waals surface area contributed by atoms with Crippen LogP contribution in [0.25, 0.3) is 10.8 Å². The van der Waals surface area contributed by atoms with E-state index in [1.54, 1.807) is 0 Å². The molecule has 3 aromatic carbocycles. The van der Waals surface area contributed by atoms with Gasteiger partial charge >= 0.3 is 0 Å². The van der Waals surface area contributed by atoms with Crippen molar-refractivity contribution in [1.82, 2.24) is 5.32 Å². The molecule has 1 fully saturated rings. The van der Waals surface area contributed by atoms with Crippen molar-refractivity contribution in [1.29, 1.82) is 0 Å². The van der Waals surface area contributed by atoms with Gasteiger partial charge in [0.15, 0.2) is 0 Å². The second-order valence-corrected chi connectivity index (χ2v) is 7.83. The first-order valence-electron chi connectivity index (χ1n) is 9.61. The maximum absolute atomic E-state index is 6.30. The van der Waals surface area contributed by atoms with Crippen LogP contribution in [0, 0.1) is 0 Å². The van der Waals surface area contributed by atoms with Gasteiger partial charge in [0.25, 0.3) is 0 Å². The molecular formula is C23H23Cl2NO2. The van der Waals surface area contributed by atoms with E-state index >= 15 is 0 Å². The molecule has 4 rings (SSSR count). The van der Waals surface area contributed by atoms with Crippen molar-refractivity contribution in [2.45, 2.75) is 32.1 Å². The summed E-state index contributed by atoms with van der Waals surface area (Å²) in [5, 5.41) is 7.15. The molecule has 5 heteroatoms. The van der Waals surface area contributed by atoms with E-state index in [9.17, 15) is 0 Å². The van der Waals surface area contributed by atoms with Crippen LogP contribution in [0.5, 0.6) is 5.75 Å². The Labute approximate surface area is 175 Å². The summed E-state index contributed by atoms with van der Waals surface area (Å²) in [6.45, 7) is 2.76. The van der Waals surface area contributed by atoms with E-state index in [1.165, 1.54) is 10.8 Å². The maximum atomic E-state index is 6.30. The zero-order valence-electron chi connectivity index (χ0n) is 15.6. The Kier molecular flexibility index (Phi) is 6.38. The molecule has 1 aliphatic rings. The summed E-state index contributed by atoms with van der Waals surface area (Å²) in [5.41, 5.74) is 1.94. The van der Waals surface area contributed by atoms with Crippen molar-refractivity contribution in [3.05, 3.63) is 75.8 Å². The zero-order valence-corrected chi connectivity index (χ0v) is 17.1. The van der Waals surface area contributed by atoms with E-state index in [2.05, 4.69) is 35.6 Å². The van der Waals surface area contributed by atoms with Crippen molar-refractivity contribution >= 4 is 34.0 Å². The average Bonchev–Trinajstić information content (AvgIpc) is 3.22. The third-order valence-electron chi connectivity index (χ3n) is 5.13. The molecule has 1 N–H and O–H groups in total. The van der Waals surface area contributed by atoms with Crippen molar-refractivity contribution in [3.63, 3.8) is 0 Å². The summed E-state index contributed by atoms with van der Waals surface area (Å²) >= 11 is 12.6. The molecule has 1 unspecified atom stereocenters. The molecule has 0 radical (unpaired) electrons. The van der Waals surface area contributed by atoms with Gasteiger partial charge in [-0.1, -0.05) is 59.6 Å². The van der Waals surface area contributed by atoms with Crippen LogP contribution >= 0.6 is 23.2 Å². The van der Waals surface area contributed by atoms with Gasteiger partial charge in [-0.05, 0) is 41.8 Å². The number of hydrogen-bond acceptors (Lipinski definition) is 3. The lowest BCUT2D eigenvalue weighted by Crippen LogP contribution is -2.26. The van der Waals surface area contributed by atoms with Crippen LogP contribution in [0.2, 0.25) is 10.0 Å². The number of rotatable bonds is 7. The molecule has 0 aliphatic carbocycles. The van der Waals surface area contributed by atoms with Crippen LogP contribution in [0.15, 0.2) is 54.6 Å². The summed E-state index contributed by atoms with van der Waals surface area (Å²) in [6, 6.07) is 18.0. The van der Waals surface area contributed by atoms with E-state index in [-0.39, 0.29) is 0 Å². The summed E-state index contributed by atoms with van der Waals surface area (Å²) in [7, 11) is 0. The van der Waals surface area contributed by atoms with Crippen LogP contribution in [0.4, 0.5) is 0 Å². The lowest BCUT2D eigenvalue weighted by molar-refractivity contribution is 0.110. The molecule has 28 heavy (non-hydrogen) atoms. The van der Waals surface area contributed by atoms with Crippen molar-refractivity contribution in [2.24, 2.45) is 0 Å². The molecule has 0 spiro atoms. The smallest absolute Gasteiger partial charge is 0.124 e. The van der Waals surface area contributed by atoms with E-state index in [0.717, 1.165) is 42.9 Å². The SMILES string of the molecule is Clc1cccc(Cl)c1COc1ccc2ccccc2c1CNCC1CCCO1. The van der Waals surface area contributed by atoms with Gasteiger partial charge in [-0.3, -0.25) is 0 Å². The van der Waals surface area contributed by atoms with E-state index in [0.29, 0.717) is 29.3 Å². The fraction of sp³-hybridized carbons (Fsp3) is 0.304. The van der Waals surface area contributed by atoms with Gasteiger partial charge in [0.1, 0.15) is 12.4 Å². The minimum atomic E-state index is 0.307. The van der Waals surface area contributed by atoms with Crippen LogP contribution in [0.1, 0.15) is 24.0 Å². The predicted molar refractivity (Wildman–Crippen MR) is 115 cm³/mol. The number of ether oxygens (including phenoxy) is 2. The summed E-state index contributed by atoms with van der Waals surface area (Å²) in [4.78, 5) is 0. The Morgan fingerprint density at radius 2 is 1.79 bits per heavy atom. The lowest BCUT2D eigenvalue weighted by atomic mass is 10.0. The highest BCUT2D eigenvalue weighted by Gasteiger charge is 2.16. The quantitative estimate of drug-likeness (QED) is 0.513. The number of hydrogen-bond donors (Lipinski definition) is 1. The Balaban J connectivity index is 1.56. The summed E-state index contributed by atoms with van der Waals surface area (Å²) < 4.78 is 11.9. The minimum Gasteiger partial charge on any atom is -0.488 e. The first-order chi connectivity index (χ1) is 13.7.